The zero-order chi connectivity index (χ0) is 21.7. The van der Waals surface area contributed by atoms with Gasteiger partial charge in [0, 0.05) is 30.8 Å². The van der Waals surface area contributed by atoms with Gasteiger partial charge in [0.1, 0.15) is 11.4 Å². The van der Waals surface area contributed by atoms with Crippen LogP contribution in [0.2, 0.25) is 0 Å². The SMILES string of the molecule is COc1cccc(-c2cc(C(=O)NCCN(C)C)n(-c3ccc([N+](=O)[O-])cc3)n2)c1. The topological polar surface area (TPSA) is 103 Å². The van der Waals surface area contributed by atoms with Crippen LogP contribution in [0, 0.1) is 10.1 Å². The number of hydrogen-bond acceptors (Lipinski definition) is 6. The van der Waals surface area contributed by atoms with Crippen molar-refractivity contribution < 1.29 is 14.5 Å². The van der Waals surface area contributed by atoms with E-state index >= 15 is 0 Å². The maximum Gasteiger partial charge on any atom is 0.270 e. The van der Waals surface area contributed by atoms with Gasteiger partial charge in [-0.3, -0.25) is 14.9 Å². The number of amides is 1. The van der Waals surface area contributed by atoms with Crippen molar-refractivity contribution in [2.24, 2.45) is 0 Å². The van der Waals surface area contributed by atoms with Crippen LogP contribution in [0.5, 0.6) is 5.75 Å². The highest BCUT2D eigenvalue weighted by Gasteiger charge is 2.18. The maximum atomic E-state index is 12.8. The van der Waals surface area contributed by atoms with E-state index in [1.807, 2.05) is 43.3 Å². The Morgan fingerprint density at radius 3 is 2.57 bits per heavy atom. The number of non-ortho nitro benzene ring substituents is 1. The van der Waals surface area contributed by atoms with E-state index in [0.717, 1.165) is 5.56 Å². The van der Waals surface area contributed by atoms with Gasteiger partial charge in [0.2, 0.25) is 0 Å². The highest BCUT2D eigenvalue weighted by molar-refractivity contribution is 5.94. The molecule has 156 valence electrons. The first-order chi connectivity index (χ1) is 14.4. The molecule has 2 aromatic carbocycles. The molecule has 0 atom stereocenters. The smallest absolute Gasteiger partial charge is 0.270 e. The zero-order valence-electron chi connectivity index (χ0n) is 17.0. The summed E-state index contributed by atoms with van der Waals surface area (Å²) in [5.74, 6) is 0.395. The lowest BCUT2D eigenvalue weighted by molar-refractivity contribution is -0.384. The molecule has 0 aliphatic heterocycles. The summed E-state index contributed by atoms with van der Waals surface area (Å²) in [6.07, 6.45) is 0. The Bertz CT molecular complexity index is 1040. The second-order valence-corrected chi connectivity index (χ2v) is 6.89. The Kier molecular flexibility index (Phi) is 6.43. The van der Waals surface area contributed by atoms with Crippen molar-refractivity contribution in [3.05, 3.63) is 70.4 Å². The molecule has 0 radical (unpaired) electrons. The van der Waals surface area contributed by atoms with E-state index in [-0.39, 0.29) is 11.6 Å². The van der Waals surface area contributed by atoms with Crippen LogP contribution < -0.4 is 10.1 Å². The molecule has 0 saturated heterocycles. The quantitative estimate of drug-likeness (QED) is 0.453. The second-order valence-electron chi connectivity index (χ2n) is 6.89. The monoisotopic (exact) mass is 409 g/mol. The molecule has 3 rings (SSSR count). The number of benzene rings is 2. The lowest BCUT2D eigenvalue weighted by Gasteiger charge is -2.11. The summed E-state index contributed by atoms with van der Waals surface area (Å²) < 4.78 is 6.76. The normalized spacial score (nSPS) is 10.8. The predicted octanol–water partition coefficient (Wildman–Crippen LogP) is 2.75. The van der Waals surface area contributed by atoms with E-state index in [9.17, 15) is 14.9 Å². The Hall–Kier alpha value is -3.72. The molecule has 0 bridgehead atoms. The maximum absolute atomic E-state index is 12.8. The Labute approximate surface area is 174 Å². The molecule has 30 heavy (non-hydrogen) atoms. The molecule has 0 spiro atoms. The van der Waals surface area contributed by atoms with Crippen LogP contribution in [0.15, 0.2) is 54.6 Å². The van der Waals surface area contributed by atoms with Crippen molar-refractivity contribution in [1.82, 2.24) is 20.0 Å². The molecule has 0 aliphatic carbocycles. The molecule has 1 amide bonds. The van der Waals surface area contributed by atoms with E-state index in [4.69, 9.17) is 4.74 Å². The summed E-state index contributed by atoms with van der Waals surface area (Å²) in [7, 11) is 5.43. The van der Waals surface area contributed by atoms with Crippen molar-refractivity contribution in [3.8, 4) is 22.7 Å². The third-order valence-electron chi connectivity index (χ3n) is 4.46. The number of nitrogens with zero attached hydrogens (tertiary/aromatic N) is 4. The number of carbonyl (C=O) groups excluding carboxylic acids is 1. The molecule has 0 aliphatic rings. The fraction of sp³-hybridized carbons (Fsp3) is 0.238. The minimum Gasteiger partial charge on any atom is -0.497 e. The van der Waals surface area contributed by atoms with Crippen LogP contribution in [0.1, 0.15) is 10.5 Å². The molecule has 0 fully saturated rings. The lowest BCUT2D eigenvalue weighted by Crippen LogP contribution is -2.32. The summed E-state index contributed by atoms with van der Waals surface area (Å²) in [4.78, 5) is 25.3. The third kappa shape index (κ3) is 4.81. The van der Waals surface area contributed by atoms with Crippen molar-refractivity contribution in [1.29, 1.82) is 0 Å². The molecule has 9 nitrogen and oxygen atoms in total. The second kappa shape index (κ2) is 9.19. The Balaban J connectivity index is 2.00. The molecule has 1 N–H and O–H groups in total. The first kappa shape index (κ1) is 21.0. The fourth-order valence-corrected chi connectivity index (χ4v) is 2.86. The average molecular weight is 409 g/mol. The molecule has 9 heteroatoms. The Morgan fingerprint density at radius 2 is 1.93 bits per heavy atom. The number of likely N-dealkylation sites (N-methyl/N-ethyl adjacent to an activating group) is 1. The van der Waals surface area contributed by atoms with Gasteiger partial charge in [-0.05, 0) is 44.4 Å². The number of hydrogen-bond donors (Lipinski definition) is 1. The Morgan fingerprint density at radius 1 is 1.20 bits per heavy atom. The number of aromatic nitrogens is 2. The fourth-order valence-electron chi connectivity index (χ4n) is 2.86. The van der Waals surface area contributed by atoms with Crippen molar-refractivity contribution in [2.45, 2.75) is 0 Å². The van der Waals surface area contributed by atoms with Crippen LogP contribution in [0.4, 0.5) is 5.69 Å². The number of ether oxygens (including phenoxy) is 1. The molecule has 3 aromatic rings. The molecule has 0 unspecified atom stereocenters. The third-order valence-corrected chi connectivity index (χ3v) is 4.46. The van der Waals surface area contributed by atoms with Crippen molar-refractivity contribution in [3.63, 3.8) is 0 Å². The van der Waals surface area contributed by atoms with E-state index in [2.05, 4.69) is 10.4 Å². The number of methoxy groups -OCH3 is 1. The predicted molar refractivity (Wildman–Crippen MR) is 113 cm³/mol. The first-order valence-electron chi connectivity index (χ1n) is 9.31. The van der Waals surface area contributed by atoms with Gasteiger partial charge in [-0.25, -0.2) is 4.68 Å². The molecular formula is C21H23N5O4. The van der Waals surface area contributed by atoms with Crippen molar-refractivity contribution in [2.75, 3.05) is 34.3 Å². The summed E-state index contributed by atoms with van der Waals surface area (Å²) in [5, 5.41) is 18.4. The lowest BCUT2D eigenvalue weighted by atomic mass is 10.1. The van der Waals surface area contributed by atoms with Crippen LogP contribution in [0.25, 0.3) is 16.9 Å². The standard InChI is InChI=1S/C21H23N5O4/c1-24(2)12-11-22-21(27)20-14-19(15-5-4-6-18(13-15)30-3)23-25(20)16-7-9-17(10-8-16)26(28)29/h4-10,13-14H,11-12H2,1-3H3,(H,22,27). The van der Waals surface area contributed by atoms with Gasteiger partial charge in [0.25, 0.3) is 11.6 Å². The van der Waals surface area contributed by atoms with E-state index < -0.39 is 4.92 Å². The van der Waals surface area contributed by atoms with Gasteiger partial charge < -0.3 is 15.0 Å². The van der Waals surface area contributed by atoms with Crippen LogP contribution in [-0.2, 0) is 0 Å². The van der Waals surface area contributed by atoms with E-state index in [1.54, 1.807) is 25.3 Å². The number of nitro benzene ring substituents is 1. The minimum absolute atomic E-state index is 0.0316. The van der Waals surface area contributed by atoms with Gasteiger partial charge in [-0.15, -0.1) is 0 Å². The molecule has 1 heterocycles. The van der Waals surface area contributed by atoms with Crippen LogP contribution >= 0.6 is 0 Å². The summed E-state index contributed by atoms with van der Waals surface area (Å²) in [5.41, 5.74) is 2.23. The van der Waals surface area contributed by atoms with Gasteiger partial charge in [0.05, 0.1) is 23.4 Å². The number of nitrogens with one attached hydrogen (secondary N) is 1. The average Bonchev–Trinajstić information content (AvgIpc) is 3.19. The van der Waals surface area contributed by atoms with Gasteiger partial charge >= 0.3 is 0 Å². The molecule has 1 aromatic heterocycles. The van der Waals surface area contributed by atoms with E-state index in [0.29, 0.717) is 35.9 Å². The number of carbonyl (C=O) groups is 1. The zero-order valence-corrected chi connectivity index (χ0v) is 17.0. The van der Waals surface area contributed by atoms with Crippen LogP contribution in [0.3, 0.4) is 0 Å². The highest BCUT2D eigenvalue weighted by atomic mass is 16.6. The van der Waals surface area contributed by atoms with Crippen LogP contribution in [-0.4, -0.2) is 59.8 Å². The minimum atomic E-state index is -0.469. The largest absolute Gasteiger partial charge is 0.497 e. The van der Waals surface area contributed by atoms with E-state index in [1.165, 1.54) is 16.8 Å². The highest BCUT2D eigenvalue weighted by Crippen LogP contribution is 2.26. The summed E-state index contributed by atoms with van der Waals surface area (Å²) in [6.45, 7) is 1.17. The first-order valence-corrected chi connectivity index (χ1v) is 9.31. The van der Waals surface area contributed by atoms with Gasteiger partial charge in [-0.1, -0.05) is 12.1 Å². The summed E-state index contributed by atoms with van der Waals surface area (Å²) in [6, 6.07) is 15.0. The van der Waals surface area contributed by atoms with Gasteiger partial charge in [-0.2, -0.15) is 5.10 Å². The summed E-state index contributed by atoms with van der Waals surface area (Å²) >= 11 is 0. The van der Waals surface area contributed by atoms with Crippen molar-refractivity contribution >= 4 is 11.6 Å². The van der Waals surface area contributed by atoms with Gasteiger partial charge in [0.15, 0.2) is 0 Å². The number of rotatable bonds is 8. The number of nitro groups is 1. The molecular weight excluding hydrogens is 386 g/mol. The molecule has 0 saturated carbocycles.